The number of rotatable bonds is 6. The third-order valence-electron chi connectivity index (χ3n) is 10.4. The Morgan fingerprint density at radius 1 is 0.538 bits per heavy atom. The van der Waals surface area contributed by atoms with Crippen LogP contribution in [0.15, 0.2) is 183 Å². The lowest BCUT2D eigenvalue weighted by molar-refractivity contribution is 1.18. The fraction of sp³-hybridized carbons (Fsp3) is 0.0204. The molecular weight excluding hydrogens is 649 g/mol. The van der Waals surface area contributed by atoms with Gasteiger partial charge in [0.25, 0.3) is 0 Å². The zero-order chi connectivity index (χ0) is 34.8. The fourth-order valence-corrected chi connectivity index (χ4v) is 9.27. The SMILES string of the molecule is C=C(/C=C\C=C/C)c1cc(-c2ccccc2)cc(-n2c3ccccc3c3c4c5ccccc5n(-c5cccc6c5sc5ccccc56)c4ccc32)c1. The van der Waals surface area contributed by atoms with Crippen LogP contribution in [0.3, 0.4) is 0 Å². The van der Waals surface area contributed by atoms with Gasteiger partial charge < -0.3 is 9.13 Å². The minimum absolute atomic E-state index is 0.971. The number of para-hydroxylation sites is 2. The van der Waals surface area contributed by atoms with Crippen molar-refractivity contribution in [3.05, 3.63) is 188 Å². The summed E-state index contributed by atoms with van der Waals surface area (Å²) >= 11 is 1.88. The van der Waals surface area contributed by atoms with Gasteiger partial charge in [0.15, 0.2) is 0 Å². The molecule has 10 rings (SSSR count). The van der Waals surface area contributed by atoms with Crippen molar-refractivity contribution in [1.82, 2.24) is 9.13 Å². The number of allylic oxidation sites excluding steroid dienone is 5. The first-order valence-corrected chi connectivity index (χ1v) is 18.6. The van der Waals surface area contributed by atoms with Crippen molar-refractivity contribution in [3.8, 4) is 22.5 Å². The van der Waals surface area contributed by atoms with Gasteiger partial charge in [0.2, 0.25) is 0 Å². The summed E-state index contributed by atoms with van der Waals surface area (Å²) in [4.78, 5) is 0. The summed E-state index contributed by atoms with van der Waals surface area (Å²) in [6, 6.07) is 55.5. The Hall–Kier alpha value is -6.42. The van der Waals surface area contributed by atoms with Crippen molar-refractivity contribution in [1.29, 1.82) is 0 Å². The van der Waals surface area contributed by atoms with Gasteiger partial charge in [-0.2, -0.15) is 0 Å². The number of thiophene rings is 1. The molecule has 0 unspecified atom stereocenters. The Labute approximate surface area is 306 Å². The summed E-state index contributed by atoms with van der Waals surface area (Å²) in [5.41, 5.74) is 11.5. The molecule has 3 heterocycles. The molecule has 0 N–H and O–H groups in total. The minimum Gasteiger partial charge on any atom is -0.309 e. The third kappa shape index (κ3) is 4.63. The molecule has 0 spiro atoms. The normalized spacial score (nSPS) is 12.2. The van der Waals surface area contributed by atoms with E-state index in [1.54, 1.807) is 0 Å². The van der Waals surface area contributed by atoms with E-state index in [-0.39, 0.29) is 0 Å². The first kappa shape index (κ1) is 30.4. The zero-order valence-electron chi connectivity index (χ0n) is 28.8. The van der Waals surface area contributed by atoms with Gasteiger partial charge in [-0.25, -0.2) is 0 Å². The molecule has 3 aromatic heterocycles. The molecule has 0 atom stereocenters. The van der Waals surface area contributed by atoms with Crippen LogP contribution in [0.4, 0.5) is 0 Å². The van der Waals surface area contributed by atoms with Crippen LogP contribution in [-0.2, 0) is 0 Å². The van der Waals surface area contributed by atoms with Gasteiger partial charge in [-0.15, -0.1) is 11.3 Å². The molecule has 2 nitrogen and oxygen atoms in total. The Bertz CT molecular complexity index is 3090. The average molecular weight is 683 g/mol. The molecule has 10 aromatic rings. The van der Waals surface area contributed by atoms with E-state index in [2.05, 4.69) is 180 Å². The van der Waals surface area contributed by atoms with Gasteiger partial charge in [0, 0.05) is 42.7 Å². The monoisotopic (exact) mass is 682 g/mol. The minimum atomic E-state index is 0.971. The van der Waals surface area contributed by atoms with E-state index < -0.39 is 0 Å². The molecule has 0 fully saturated rings. The number of fused-ring (bicyclic) bond motifs is 10. The van der Waals surface area contributed by atoms with Crippen LogP contribution in [0.25, 0.3) is 91.9 Å². The van der Waals surface area contributed by atoms with Crippen molar-refractivity contribution in [2.24, 2.45) is 0 Å². The highest BCUT2D eigenvalue weighted by Gasteiger charge is 2.22. The van der Waals surface area contributed by atoms with Crippen LogP contribution in [0.1, 0.15) is 12.5 Å². The molecule has 0 aliphatic rings. The molecule has 0 aliphatic carbocycles. The van der Waals surface area contributed by atoms with Gasteiger partial charge in [0.1, 0.15) is 0 Å². The lowest BCUT2D eigenvalue weighted by Gasteiger charge is -2.14. The lowest BCUT2D eigenvalue weighted by Crippen LogP contribution is -1.97. The molecule has 0 radical (unpaired) electrons. The van der Waals surface area contributed by atoms with E-state index in [1.165, 1.54) is 75.0 Å². The van der Waals surface area contributed by atoms with Crippen LogP contribution in [-0.4, -0.2) is 9.13 Å². The molecule has 0 saturated heterocycles. The van der Waals surface area contributed by atoms with Crippen LogP contribution in [0.5, 0.6) is 0 Å². The number of hydrogen-bond donors (Lipinski definition) is 0. The van der Waals surface area contributed by atoms with Gasteiger partial charge in [-0.1, -0.05) is 128 Å². The largest absolute Gasteiger partial charge is 0.309 e. The van der Waals surface area contributed by atoms with Crippen molar-refractivity contribution >= 4 is 80.7 Å². The molecule has 52 heavy (non-hydrogen) atoms. The van der Waals surface area contributed by atoms with Crippen molar-refractivity contribution in [2.45, 2.75) is 6.92 Å². The van der Waals surface area contributed by atoms with E-state index in [0.29, 0.717) is 0 Å². The Morgan fingerprint density at radius 2 is 1.17 bits per heavy atom. The van der Waals surface area contributed by atoms with Crippen molar-refractivity contribution in [2.75, 3.05) is 0 Å². The van der Waals surface area contributed by atoms with Crippen LogP contribution < -0.4 is 0 Å². The molecule has 0 aliphatic heterocycles. The van der Waals surface area contributed by atoms with E-state index >= 15 is 0 Å². The summed E-state index contributed by atoms with van der Waals surface area (Å²) in [5, 5.41) is 7.66. The van der Waals surface area contributed by atoms with E-state index in [4.69, 9.17) is 0 Å². The summed E-state index contributed by atoms with van der Waals surface area (Å²) in [6.07, 6.45) is 8.23. The van der Waals surface area contributed by atoms with Crippen molar-refractivity contribution in [3.63, 3.8) is 0 Å². The average Bonchev–Trinajstić information content (AvgIpc) is 3.86. The third-order valence-corrected chi connectivity index (χ3v) is 11.6. The summed E-state index contributed by atoms with van der Waals surface area (Å²) < 4.78 is 7.56. The quantitative estimate of drug-likeness (QED) is 0.155. The Morgan fingerprint density at radius 3 is 1.92 bits per heavy atom. The summed E-state index contributed by atoms with van der Waals surface area (Å²) in [7, 11) is 0. The van der Waals surface area contributed by atoms with E-state index in [1.807, 2.05) is 30.4 Å². The van der Waals surface area contributed by atoms with Gasteiger partial charge in [-0.05, 0) is 83.8 Å². The maximum Gasteiger partial charge on any atom is 0.0640 e. The maximum absolute atomic E-state index is 4.49. The van der Waals surface area contributed by atoms with Gasteiger partial charge in [0.05, 0.1) is 32.5 Å². The second-order valence-corrected chi connectivity index (χ2v) is 14.4. The van der Waals surface area contributed by atoms with E-state index in [9.17, 15) is 0 Å². The Kier molecular flexibility index (Phi) is 7.09. The number of nitrogens with zero attached hydrogens (tertiary/aromatic N) is 2. The molecular formula is C49H34N2S. The highest BCUT2D eigenvalue weighted by Crippen LogP contribution is 2.45. The molecule has 3 heteroatoms. The summed E-state index contributed by atoms with van der Waals surface area (Å²) in [6.45, 7) is 6.52. The maximum atomic E-state index is 4.49. The predicted octanol–water partition coefficient (Wildman–Crippen LogP) is 14.1. The summed E-state index contributed by atoms with van der Waals surface area (Å²) in [5.74, 6) is 0. The molecule has 0 saturated carbocycles. The predicted molar refractivity (Wildman–Crippen MR) is 226 cm³/mol. The lowest BCUT2D eigenvalue weighted by atomic mass is 9.98. The molecule has 0 amide bonds. The molecule has 246 valence electrons. The van der Waals surface area contributed by atoms with Gasteiger partial charge >= 0.3 is 0 Å². The second-order valence-electron chi connectivity index (χ2n) is 13.4. The molecule has 7 aromatic carbocycles. The van der Waals surface area contributed by atoms with Crippen LogP contribution in [0.2, 0.25) is 0 Å². The topological polar surface area (TPSA) is 9.86 Å². The second kappa shape index (κ2) is 12.1. The van der Waals surface area contributed by atoms with Crippen LogP contribution in [0, 0.1) is 0 Å². The zero-order valence-corrected chi connectivity index (χ0v) is 29.6. The fourth-order valence-electron chi connectivity index (χ4n) is 8.07. The van der Waals surface area contributed by atoms with Crippen LogP contribution >= 0.6 is 11.3 Å². The first-order chi connectivity index (χ1) is 25.7. The van der Waals surface area contributed by atoms with Gasteiger partial charge in [-0.3, -0.25) is 0 Å². The van der Waals surface area contributed by atoms with E-state index in [0.717, 1.165) is 22.4 Å². The molecule has 0 bridgehead atoms. The number of aromatic nitrogens is 2. The smallest absolute Gasteiger partial charge is 0.0640 e. The first-order valence-electron chi connectivity index (χ1n) is 17.7. The highest BCUT2D eigenvalue weighted by atomic mass is 32.1. The standard InChI is InChI=1S/C49H34N2S/c1-3-4-6-16-32(2)34-29-35(33-17-7-5-8-18-33)31-36(30-34)50-41-23-12-9-20-39(41)47-43(50)27-28-44-48(47)40-21-10-13-24-42(40)51(44)45-25-15-22-38-37-19-11-14-26-46(37)52-49(38)45/h3-31H,2H2,1H3/b4-3-,16-6-. The number of hydrogen-bond acceptors (Lipinski definition) is 1. The Balaban J connectivity index is 1.29. The number of benzene rings is 7. The highest BCUT2D eigenvalue weighted by molar-refractivity contribution is 7.26. The van der Waals surface area contributed by atoms with Crippen molar-refractivity contribution < 1.29 is 0 Å².